The first-order valence-corrected chi connectivity index (χ1v) is 10.2. The molecule has 3 aromatic rings. The zero-order valence-corrected chi connectivity index (χ0v) is 17.6. The predicted molar refractivity (Wildman–Crippen MR) is 116 cm³/mol. The number of ketones is 1. The molecule has 0 atom stereocenters. The number of rotatable bonds is 4. The van der Waals surface area contributed by atoms with Crippen molar-refractivity contribution in [2.24, 2.45) is 0 Å². The van der Waals surface area contributed by atoms with Gasteiger partial charge in [-0.25, -0.2) is 4.68 Å². The molecule has 156 valence electrons. The van der Waals surface area contributed by atoms with E-state index in [1.54, 1.807) is 29.2 Å². The second-order valence-electron chi connectivity index (χ2n) is 8.01. The molecule has 31 heavy (non-hydrogen) atoms. The van der Waals surface area contributed by atoms with E-state index in [-0.39, 0.29) is 11.7 Å². The third-order valence-electron chi connectivity index (χ3n) is 5.92. The monoisotopic (exact) mass is 413 g/mol. The zero-order chi connectivity index (χ0) is 22.0. The predicted octanol–water partition coefficient (Wildman–Crippen LogP) is 4.04. The Morgan fingerprint density at radius 1 is 1.10 bits per heavy atom. The molecule has 4 rings (SSSR count). The quantitative estimate of drug-likeness (QED) is 0.696. The van der Waals surface area contributed by atoms with Crippen LogP contribution >= 0.6 is 0 Å². The van der Waals surface area contributed by atoms with Crippen LogP contribution in [0.1, 0.15) is 53.0 Å². The largest absolute Gasteiger partial charge is 0.320 e. The SMILES string of the molecule is Cc1ccc(-n2ncc(C(=O)Nc3ccc(C4(C#N)CCC(=O)CC4)nc3)c2C)cc1. The number of pyridine rings is 1. The van der Waals surface area contributed by atoms with Gasteiger partial charge in [0.15, 0.2) is 0 Å². The van der Waals surface area contributed by atoms with Crippen LogP contribution in [-0.2, 0) is 10.2 Å². The molecule has 1 amide bonds. The number of hydrogen-bond acceptors (Lipinski definition) is 5. The number of aromatic nitrogens is 3. The second kappa shape index (κ2) is 8.15. The van der Waals surface area contributed by atoms with E-state index >= 15 is 0 Å². The van der Waals surface area contributed by atoms with Crippen LogP contribution in [0.3, 0.4) is 0 Å². The summed E-state index contributed by atoms with van der Waals surface area (Å²) in [6.45, 7) is 3.87. The molecule has 7 nitrogen and oxygen atoms in total. The van der Waals surface area contributed by atoms with E-state index in [1.165, 1.54) is 0 Å². The molecule has 0 spiro atoms. The van der Waals surface area contributed by atoms with E-state index in [9.17, 15) is 14.9 Å². The van der Waals surface area contributed by atoms with Crippen molar-refractivity contribution in [3.63, 3.8) is 0 Å². The standard InChI is InChI=1S/C24H23N5O2/c1-16-3-6-19(7-4-16)29-17(2)21(14-27-29)23(31)28-18-5-8-22(26-13-18)24(15-25)11-9-20(30)10-12-24/h3-8,13-14H,9-12H2,1-2H3,(H,28,31). The number of carbonyl (C=O) groups is 2. The van der Waals surface area contributed by atoms with Crippen LogP contribution in [-0.4, -0.2) is 26.5 Å². The van der Waals surface area contributed by atoms with Crippen molar-refractivity contribution in [3.8, 4) is 11.8 Å². The lowest BCUT2D eigenvalue weighted by Crippen LogP contribution is -2.31. The molecular formula is C24H23N5O2. The maximum Gasteiger partial charge on any atom is 0.259 e. The lowest BCUT2D eigenvalue weighted by atomic mass is 9.72. The molecule has 2 heterocycles. The summed E-state index contributed by atoms with van der Waals surface area (Å²) in [7, 11) is 0. The Hall–Kier alpha value is -3.79. The summed E-state index contributed by atoms with van der Waals surface area (Å²) in [5.74, 6) is -0.0833. The first-order valence-electron chi connectivity index (χ1n) is 10.2. The van der Waals surface area contributed by atoms with Crippen molar-refractivity contribution in [1.82, 2.24) is 14.8 Å². The van der Waals surface area contributed by atoms with Crippen molar-refractivity contribution in [3.05, 3.63) is 71.3 Å². The fourth-order valence-corrected chi connectivity index (χ4v) is 3.91. The normalized spacial score (nSPS) is 15.3. The topological polar surface area (TPSA) is 101 Å². The number of hydrogen-bond donors (Lipinski definition) is 1. The molecule has 1 aliphatic carbocycles. The lowest BCUT2D eigenvalue weighted by Gasteiger charge is -2.29. The summed E-state index contributed by atoms with van der Waals surface area (Å²) in [6, 6.07) is 13.8. The van der Waals surface area contributed by atoms with Crippen molar-refractivity contribution in [2.75, 3.05) is 5.32 Å². The minimum atomic E-state index is -0.734. The Morgan fingerprint density at radius 2 is 1.81 bits per heavy atom. The number of nitriles is 1. The summed E-state index contributed by atoms with van der Waals surface area (Å²) >= 11 is 0. The Kier molecular flexibility index (Phi) is 5.38. The summed E-state index contributed by atoms with van der Waals surface area (Å²) in [6.07, 6.45) is 4.88. The Morgan fingerprint density at radius 3 is 2.42 bits per heavy atom. The molecule has 1 saturated carbocycles. The van der Waals surface area contributed by atoms with Crippen LogP contribution in [0.5, 0.6) is 0 Å². The maximum atomic E-state index is 12.8. The number of aryl methyl sites for hydroxylation is 1. The highest BCUT2D eigenvalue weighted by Crippen LogP contribution is 2.37. The first-order chi connectivity index (χ1) is 14.9. The number of anilines is 1. The van der Waals surface area contributed by atoms with Gasteiger partial charge in [0.2, 0.25) is 0 Å². The summed E-state index contributed by atoms with van der Waals surface area (Å²) < 4.78 is 1.73. The van der Waals surface area contributed by atoms with Crippen LogP contribution in [0, 0.1) is 25.2 Å². The average Bonchev–Trinajstić information content (AvgIpc) is 3.17. The van der Waals surface area contributed by atoms with Crippen molar-refractivity contribution < 1.29 is 9.59 Å². The minimum Gasteiger partial charge on any atom is -0.320 e. The molecule has 1 aromatic carbocycles. The van der Waals surface area contributed by atoms with E-state index in [0.717, 1.165) is 16.9 Å². The molecule has 0 radical (unpaired) electrons. The van der Waals surface area contributed by atoms with E-state index < -0.39 is 5.41 Å². The van der Waals surface area contributed by atoms with Gasteiger partial charge in [-0.1, -0.05) is 17.7 Å². The van der Waals surface area contributed by atoms with Gasteiger partial charge in [-0.2, -0.15) is 10.4 Å². The number of benzene rings is 1. The van der Waals surface area contributed by atoms with Gasteiger partial charge in [0.25, 0.3) is 5.91 Å². The fourth-order valence-electron chi connectivity index (χ4n) is 3.91. The van der Waals surface area contributed by atoms with E-state index in [4.69, 9.17) is 0 Å². The molecule has 7 heteroatoms. The Balaban J connectivity index is 1.50. The van der Waals surface area contributed by atoms with Gasteiger partial charge in [-0.05, 0) is 51.0 Å². The van der Waals surface area contributed by atoms with Gasteiger partial charge in [-0.15, -0.1) is 0 Å². The molecule has 0 aliphatic heterocycles. The van der Waals surface area contributed by atoms with Crippen molar-refractivity contribution >= 4 is 17.4 Å². The number of nitrogens with zero attached hydrogens (tertiary/aromatic N) is 4. The van der Waals surface area contributed by atoms with Gasteiger partial charge < -0.3 is 5.32 Å². The van der Waals surface area contributed by atoms with Crippen LogP contribution in [0.25, 0.3) is 5.69 Å². The second-order valence-corrected chi connectivity index (χ2v) is 8.01. The molecule has 0 unspecified atom stereocenters. The molecule has 1 fully saturated rings. The van der Waals surface area contributed by atoms with Gasteiger partial charge in [0.05, 0.1) is 46.8 Å². The van der Waals surface area contributed by atoms with Crippen LogP contribution in [0.4, 0.5) is 5.69 Å². The van der Waals surface area contributed by atoms with Gasteiger partial charge in [-0.3, -0.25) is 14.6 Å². The summed E-state index contributed by atoms with van der Waals surface area (Å²) in [4.78, 5) is 28.8. The zero-order valence-electron chi connectivity index (χ0n) is 17.6. The number of nitrogens with one attached hydrogen (secondary N) is 1. The maximum absolute atomic E-state index is 12.8. The van der Waals surface area contributed by atoms with Crippen LogP contribution < -0.4 is 5.32 Å². The third-order valence-corrected chi connectivity index (χ3v) is 5.92. The molecular weight excluding hydrogens is 390 g/mol. The van der Waals surface area contributed by atoms with Crippen LogP contribution in [0.2, 0.25) is 0 Å². The van der Waals surface area contributed by atoms with Crippen LogP contribution in [0.15, 0.2) is 48.8 Å². The lowest BCUT2D eigenvalue weighted by molar-refractivity contribution is -0.121. The van der Waals surface area contributed by atoms with E-state index in [1.807, 2.05) is 38.1 Å². The van der Waals surface area contributed by atoms with Gasteiger partial charge in [0.1, 0.15) is 11.2 Å². The number of carbonyl (C=O) groups excluding carboxylic acids is 2. The van der Waals surface area contributed by atoms with Crippen molar-refractivity contribution in [2.45, 2.75) is 44.9 Å². The van der Waals surface area contributed by atoms with E-state index in [0.29, 0.717) is 42.6 Å². The van der Waals surface area contributed by atoms with E-state index in [2.05, 4.69) is 21.5 Å². The number of Topliss-reactive ketones (excluding diaryl/α,β-unsaturated/α-hetero) is 1. The smallest absolute Gasteiger partial charge is 0.259 e. The summed E-state index contributed by atoms with van der Waals surface area (Å²) in [5, 5.41) is 16.9. The van der Waals surface area contributed by atoms with Crippen molar-refractivity contribution in [1.29, 1.82) is 5.26 Å². The third kappa shape index (κ3) is 3.97. The molecule has 2 aromatic heterocycles. The molecule has 1 N–H and O–H groups in total. The Bertz CT molecular complexity index is 1160. The first kappa shape index (κ1) is 20.5. The number of amides is 1. The summed E-state index contributed by atoms with van der Waals surface area (Å²) in [5.41, 5.74) is 3.70. The Labute approximate surface area is 180 Å². The minimum absolute atomic E-state index is 0.191. The molecule has 0 bridgehead atoms. The van der Waals surface area contributed by atoms with Gasteiger partial charge >= 0.3 is 0 Å². The average molecular weight is 413 g/mol. The highest BCUT2D eigenvalue weighted by Gasteiger charge is 2.37. The highest BCUT2D eigenvalue weighted by atomic mass is 16.1. The fraction of sp³-hybridized carbons (Fsp3) is 0.292. The molecule has 1 aliphatic rings. The highest BCUT2D eigenvalue weighted by molar-refractivity contribution is 6.04. The van der Waals surface area contributed by atoms with Gasteiger partial charge in [0, 0.05) is 12.8 Å². The molecule has 0 saturated heterocycles.